The van der Waals surface area contributed by atoms with E-state index >= 15 is 0 Å². The number of nitrogens with two attached hydrogens (primary N) is 1. The summed E-state index contributed by atoms with van der Waals surface area (Å²) in [5, 5.41) is 2.97. The Kier molecular flexibility index (Phi) is 5.12. The number of nitrogens with zero attached hydrogens (tertiary/aromatic N) is 5. The first-order valence-corrected chi connectivity index (χ1v) is 10.5. The molecule has 3 aromatic heterocycles. The van der Waals surface area contributed by atoms with Crippen LogP contribution in [0.4, 0.5) is 11.8 Å². The van der Waals surface area contributed by atoms with E-state index < -0.39 is 0 Å². The quantitative estimate of drug-likeness (QED) is 0.671. The fourth-order valence-corrected chi connectivity index (χ4v) is 5.10. The number of aryl methyl sites for hydroxylation is 1. The van der Waals surface area contributed by atoms with Gasteiger partial charge in [0.25, 0.3) is 0 Å². The third kappa shape index (κ3) is 3.71. The highest BCUT2D eigenvalue weighted by Gasteiger charge is 2.25. The van der Waals surface area contributed by atoms with Crippen molar-refractivity contribution in [2.45, 2.75) is 41.5 Å². The van der Waals surface area contributed by atoms with Gasteiger partial charge >= 0.3 is 0 Å². The predicted molar refractivity (Wildman–Crippen MR) is 107 cm³/mol. The summed E-state index contributed by atoms with van der Waals surface area (Å²) in [7, 11) is 0. The van der Waals surface area contributed by atoms with Gasteiger partial charge in [-0.2, -0.15) is 4.98 Å². The first kappa shape index (κ1) is 17.4. The summed E-state index contributed by atoms with van der Waals surface area (Å²) < 4.78 is 3.46. The maximum atomic E-state index is 5.97. The first-order chi connectivity index (χ1) is 12.7. The fourth-order valence-electron chi connectivity index (χ4n) is 3.38. The van der Waals surface area contributed by atoms with Gasteiger partial charge in [0.05, 0.1) is 4.21 Å². The molecule has 8 heteroatoms. The Morgan fingerprint density at radius 1 is 1.31 bits per heavy atom. The smallest absolute Gasteiger partial charge is 0.223 e. The maximum absolute atomic E-state index is 5.97. The van der Waals surface area contributed by atoms with Gasteiger partial charge in [0.15, 0.2) is 0 Å². The number of anilines is 2. The van der Waals surface area contributed by atoms with E-state index in [1.807, 2.05) is 18.3 Å². The van der Waals surface area contributed by atoms with Crippen molar-refractivity contribution in [1.29, 1.82) is 0 Å². The minimum absolute atomic E-state index is 0.338. The van der Waals surface area contributed by atoms with Crippen molar-refractivity contribution in [3.8, 4) is 0 Å². The number of hydrogen-bond acceptors (Lipinski definition) is 7. The number of imidazole rings is 1. The van der Waals surface area contributed by atoms with Gasteiger partial charge in [-0.3, -0.25) is 0 Å². The van der Waals surface area contributed by atoms with Crippen LogP contribution in [0.15, 0.2) is 45.2 Å². The molecule has 0 saturated carbocycles. The van der Waals surface area contributed by atoms with Crippen LogP contribution in [-0.4, -0.2) is 32.6 Å². The van der Waals surface area contributed by atoms with Gasteiger partial charge in [-0.25, -0.2) is 9.97 Å². The van der Waals surface area contributed by atoms with Crippen molar-refractivity contribution in [2.75, 3.05) is 23.7 Å². The normalized spacial score (nSPS) is 15.5. The Bertz CT molecular complexity index is 852. The molecule has 0 radical (unpaired) electrons. The number of thiophene rings is 1. The van der Waals surface area contributed by atoms with E-state index in [1.165, 1.54) is 10.0 Å². The summed E-state index contributed by atoms with van der Waals surface area (Å²) >= 11 is 3.34. The molecule has 4 rings (SSSR count). The van der Waals surface area contributed by atoms with Crippen LogP contribution < -0.4 is 10.6 Å². The summed E-state index contributed by atoms with van der Waals surface area (Å²) in [5.74, 6) is 2.99. The summed E-state index contributed by atoms with van der Waals surface area (Å²) in [6.07, 6.45) is 6.13. The molecule has 0 unspecified atom stereocenters. The molecule has 6 nitrogen and oxygen atoms in total. The van der Waals surface area contributed by atoms with Crippen LogP contribution in [-0.2, 0) is 6.54 Å². The molecule has 136 valence electrons. The van der Waals surface area contributed by atoms with E-state index in [0.717, 1.165) is 43.3 Å². The lowest BCUT2D eigenvalue weighted by Crippen LogP contribution is -2.34. The standard InChI is InChI=1S/C18H22N6S2/c1-2-23-10-7-20-17(23)13-5-8-24(9-6-13)14-12-15(22-18(19)21-14)26-16-4-3-11-25-16/h3-4,7,10-13H,2,5-6,8-9H2,1H3,(H2,19,21,22). The van der Waals surface area contributed by atoms with E-state index in [1.54, 1.807) is 23.1 Å². The average Bonchev–Trinajstić information content (AvgIpc) is 3.32. The first-order valence-electron chi connectivity index (χ1n) is 8.85. The molecule has 0 spiro atoms. The van der Waals surface area contributed by atoms with Crippen molar-refractivity contribution in [2.24, 2.45) is 0 Å². The van der Waals surface area contributed by atoms with E-state index in [0.29, 0.717) is 11.9 Å². The Morgan fingerprint density at radius 2 is 2.15 bits per heavy atom. The van der Waals surface area contributed by atoms with Crippen molar-refractivity contribution in [3.63, 3.8) is 0 Å². The second-order valence-electron chi connectivity index (χ2n) is 6.29. The molecule has 26 heavy (non-hydrogen) atoms. The molecule has 1 aliphatic rings. The summed E-state index contributed by atoms with van der Waals surface area (Å²) in [6.45, 7) is 5.06. The van der Waals surface area contributed by atoms with Crippen LogP contribution in [0.2, 0.25) is 0 Å². The minimum Gasteiger partial charge on any atom is -0.368 e. The highest BCUT2D eigenvalue weighted by molar-refractivity contribution is 8.01. The van der Waals surface area contributed by atoms with Gasteiger partial charge in [-0.1, -0.05) is 17.8 Å². The molecule has 3 aromatic rings. The zero-order valence-corrected chi connectivity index (χ0v) is 16.3. The maximum Gasteiger partial charge on any atom is 0.223 e. The molecule has 0 atom stereocenters. The van der Waals surface area contributed by atoms with Crippen LogP contribution in [0.3, 0.4) is 0 Å². The molecule has 1 aliphatic heterocycles. The molecular weight excluding hydrogens is 364 g/mol. The molecule has 4 heterocycles. The van der Waals surface area contributed by atoms with Crippen LogP contribution in [0.5, 0.6) is 0 Å². The van der Waals surface area contributed by atoms with Gasteiger partial charge in [0.1, 0.15) is 16.7 Å². The largest absolute Gasteiger partial charge is 0.368 e. The van der Waals surface area contributed by atoms with E-state index in [-0.39, 0.29) is 0 Å². The molecular formula is C18H22N6S2. The lowest BCUT2D eigenvalue weighted by molar-refractivity contribution is 0.466. The lowest BCUT2D eigenvalue weighted by Gasteiger charge is -2.32. The lowest BCUT2D eigenvalue weighted by atomic mass is 9.96. The van der Waals surface area contributed by atoms with Crippen LogP contribution in [0, 0.1) is 0 Å². The third-order valence-electron chi connectivity index (χ3n) is 4.68. The Labute approximate surface area is 161 Å². The molecule has 0 bridgehead atoms. The number of piperidine rings is 1. The Balaban J connectivity index is 1.46. The van der Waals surface area contributed by atoms with Crippen LogP contribution >= 0.6 is 23.1 Å². The number of nitrogen functional groups attached to an aromatic ring is 1. The molecule has 0 aliphatic carbocycles. The molecule has 0 amide bonds. The molecule has 1 fully saturated rings. The van der Waals surface area contributed by atoms with Gasteiger partial charge in [-0.05, 0) is 31.2 Å². The van der Waals surface area contributed by atoms with Crippen molar-refractivity contribution < 1.29 is 0 Å². The monoisotopic (exact) mass is 386 g/mol. The Morgan fingerprint density at radius 3 is 2.88 bits per heavy atom. The fraction of sp³-hybridized carbons (Fsp3) is 0.389. The molecule has 0 aromatic carbocycles. The van der Waals surface area contributed by atoms with Crippen molar-refractivity contribution in [1.82, 2.24) is 19.5 Å². The second kappa shape index (κ2) is 7.67. The number of rotatable bonds is 5. The average molecular weight is 387 g/mol. The van der Waals surface area contributed by atoms with E-state index in [9.17, 15) is 0 Å². The van der Waals surface area contributed by atoms with Crippen molar-refractivity contribution >= 4 is 34.9 Å². The minimum atomic E-state index is 0.338. The van der Waals surface area contributed by atoms with Crippen LogP contribution in [0.25, 0.3) is 0 Å². The van der Waals surface area contributed by atoms with Crippen LogP contribution in [0.1, 0.15) is 31.5 Å². The second-order valence-corrected chi connectivity index (χ2v) is 8.56. The number of aromatic nitrogens is 4. The summed E-state index contributed by atoms with van der Waals surface area (Å²) in [4.78, 5) is 15.7. The van der Waals surface area contributed by atoms with Gasteiger partial charge in [-0.15, -0.1) is 11.3 Å². The van der Waals surface area contributed by atoms with E-state index in [4.69, 9.17) is 5.73 Å². The van der Waals surface area contributed by atoms with Gasteiger partial charge in [0, 0.05) is 44.0 Å². The highest BCUT2D eigenvalue weighted by atomic mass is 32.2. The zero-order chi connectivity index (χ0) is 17.9. The molecule has 2 N–H and O–H groups in total. The van der Waals surface area contributed by atoms with Gasteiger partial charge in [0.2, 0.25) is 5.95 Å². The predicted octanol–water partition coefficient (Wildman–Crippen LogP) is 3.87. The number of hydrogen-bond donors (Lipinski definition) is 1. The SMILES string of the molecule is CCn1ccnc1C1CCN(c2cc(Sc3cccs3)nc(N)n2)CC1. The third-order valence-corrected chi connectivity index (χ3v) is 6.63. The molecule has 1 saturated heterocycles. The topological polar surface area (TPSA) is 72.9 Å². The van der Waals surface area contributed by atoms with E-state index in [2.05, 4.69) is 49.0 Å². The summed E-state index contributed by atoms with van der Waals surface area (Å²) in [6, 6.07) is 6.19. The summed E-state index contributed by atoms with van der Waals surface area (Å²) in [5.41, 5.74) is 5.97. The zero-order valence-electron chi connectivity index (χ0n) is 14.7. The van der Waals surface area contributed by atoms with Gasteiger partial charge < -0.3 is 15.2 Å². The Hall–Kier alpha value is -2.06. The highest BCUT2D eigenvalue weighted by Crippen LogP contribution is 2.34. The van der Waals surface area contributed by atoms with Crippen molar-refractivity contribution in [3.05, 3.63) is 41.8 Å².